The number of H-pyrrole nitrogens is 1. The Bertz CT molecular complexity index is 1170. The van der Waals surface area contributed by atoms with Gasteiger partial charge in [0.15, 0.2) is 0 Å². The van der Waals surface area contributed by atoms with Crippen molar-refractivity contribution in [2.24, 2.45) is 29.1 Å². The third-order valence-corrected chi connectivity index (χ3v) is 7.95. The number of benzene rings is 1. The molecule has 8 nitrogen and oxygen atoms in total. The molecule has 8 heteroatoms. The van der Waals surface area contributed by atoms with Crippen molar-refractivity contribution in [3.05, 3.63) is 36.0 Å². The number of para-hydroxylation sites is 1. The number of amides is 3. The smallest absolute Gasteiger partial charge is 0.268 e. The summed E-state index contributed by atoms with van der Waals surface area (Å²) in [5.41, 5.74) is 1.20. The fraction of sp³-hybridized carbons (Fsp3) is 0.571. The van der Waals surface area contributed by atoms with Crippen LogP contribution in [0.5, 0.6) is 0 Å². The van der Waals surface area contributed by atoms with E-state index in [9.17, 15) is 19.6 Å². The number of fused-ring (bicyclic) bond motifs is 2. The number of likely N-dealkylation sites (tertiary alicyclic amines) is 1. The molecule has 1 aromatic heterocycles. The molecule has 0 spiro atoms. The maximum Gasteiger partial charge on any atom is 0.268 e. The summed E-state index contributed by atoms with van der Waals surface area (Å²) >= 11 is 0. The molecule has 0 unspecified atom stereocenters. The fourth-order valence-electron chi connectivity index (χ4n) is 5.72. The van der Waals surface area contributed by atoms with Gasteiger partial charge in [0.25, 0.3) is 5.91 Å². The summed E-state index contributed by atoms with van der Waals surface area (Å²) in [6, 6.07) is 9.54. The molecule has 3 N–H and O–H groups in total. The summed E-state index contributed by atoms with van der Waals surface area (Å²) in [4.78, 5) is 45.2. The van der Waals surface area contributed by atoms with Crippen LogP contribution in [0.4, 0.5) is 0 Å². The molecule has 1 saturated heterocycles. The second-order valence-electron chi connectivity index (χ2n) is 11.7. The van der Waals surface area contributed by atoms with E-state index in [0.29, 0.717) is 18.7 Å². The van der Waals surface area contributed by atoms with E-state index < -0.39 is 18.1 Å². The first-order valence-electron chi connectivity index (χ1n) is 12.8. The van der Waals surface area contributed by atoms with Gasteiger partial charge >= 0.3 is 0 Å². The van der Waals surface area contributed by atoms with Crippen molar-refractivity contribution in [3.8, 4) is 6.07 Å². The summed E-state index contributed by atoms with van der Waals surface area (Å²) in [7, 11) is 0. The van der Waals surface area contributed by atoms with Crippen molar-refractivity contribution in [3.63, 3.8) is 0 Å². The summed E-state index contributed by atoms with van der Waals surface area (Å²) in [6.45, 7) is 12.5. The molecule has 2 aromatic rings. The number of nitrogens with one attached hydrogen (secondary N) is 3. The lowest BCUT2D eigenvalue weighted by atomic mass is 9.97. The second-order valence-corrected chi connectivity index (χ2v) is 11.7. The van der Waals surface area contributed by atoms with E-state index in [0.717, 1.165) is 10.9 Å². The molecule has 192 valence electrons. The quantitative estimate of drug-likeness (QED) is 0.524. The van der Waals surface area contributed by atoms with Crippen LogP contribution in [0.15, 0.2) is 30.3 Å². The van der Waals surface area contributed by atoms with Crippen molar-refractivity contribution in [2.45, 2.75) is 66.1 Å². The van der Waals surface area contributed by atoms with E-state index in [1.54, 1.807) is 11.0 Å². The van der Waals surface area contributed by atoms with Crippen LogP contribution in [-0.2, 0) is 9.59 Å². The lowest BCUT2D eigenvalue weighted by molar-refractivity contribution is -0.142. The highest BCUT2D eigenvalue weighted by atomic mass is 16.2. The zero-order valence-corrected chi connectivity index (χ0v) is 22.0. The summed E-state index contributed by atoms with van der Waals surface area (Å²) < 4.78 is 0. The van der Waals surface area contributed by atoms with Crippen LogP contribution >= 0.6 is 0 Å². The van der Waals surface area contributed by atoms with Crippen molar-refractivity contribution in [2.75, 3.05) is 6.54 Å². The Morgan fingerprint density at radius 2 is 1.86 bits per heavy atom. The van der Waals surface area contributed by atoms with E-state index in [1.165, 1.54) is 0 Å². The fourth-order valence-corrected chi connectivity index (χ4v) is 5.72. The van der Waals surface area contributed by atoms with E-state index in [1.807, 2.05) is 52.0 Å². The van der Waals surface area contributed by atoms with Crippen LogP contribution in [0.25, 0.3) is 10.9 Å². The number of carbonyl (C=O) groups is 3. The van der Waals surface area contributed by atoms with Gasteiger partial charge in [-0.25, -0.2) is 0 Å². The van der Waals surface area contributed by atoms with Crippen LogP contribution in [0, 0.1) is 40.4 Å². The number of aromatic amines is 1. The first-order chi connectivity index (χ1) is 16.9. The molecule has 2 aliphatic rings. The van der Waals surface area contributed by atoms with Crippen molar-refractivity contribution < 1.29 is 14.4 Å². The van der Waals surface area contributed by atoms with E-state index in [-0.39, 0.29) is 46.8 Å². The van der Waals surface area contributed by atoms with E-state index in [4.69, 9.17) is 0 Å². The Labute approximate surface area is 212 Å². The van der Waals surface area contributed by atoms with Gasteiger partial charge in [0.2, 0.25) is 11.8 Å². The average molecular weight is 492 g/mol. The minimum atomic E-state index is -0.753. The first-order valence-corrected chi connectivity index (χ1v) is 12.8. The lowest BCUT2D eigenvalue weighted by Crippen LogP contribution is -2.57. The number of piperidine rings is 1. The summed E-state index contributed by atoms with van der Waals surface area (Å²) in [5.74, 6) is -0.497. The largest absolute Gasteiger partial charge is 0.351 e. The van der Waals surface area contributed by atoms with Gasteiger partial charge in [0.1, 0.15) is 23.8 Å². The molecule has 36 heavy (non-hydrogen) atoms. The van der Waals surface area contributed by atoms with Gasteiger partial charge in [-0.15, -0.1) is 0 Å². The molecular formula is C28H37N5O3. The molecule has 1 aromatic carbocycles. The molecule has 2 fully saturated rings. The zero-order chi connectivity index (χ0) is 26.4. The normalized spacial score (nSPS) is 23.8. The van der Waals surface area contributed by atoms with Gasteiger partial charge in [-0.1, -0.05) is 59.7 Å². The number of nitrogens with zero attached hydrogens (tertiary/aromatic N) is 2. The average Bonchev–Trinajstić information content (AvgIpc) is 3.21. The molecule has 5 atom stereocenters. The molecule has 3 amide bonds. The summed E-state index contributed by atoms with van der Waals surface area (Å²) in [5, 5.41) is 16.2. The molecule has 1 saturated carbocycles. The van der Waals surface area contributed by atoms with Crippen LogP contribution in [0.2, 0.25) is 0 Å². The Kier molecular flexibility index (Phi) is 6.87. The van der Waals surface area contributed by atoms with Crippen LogP contribution in [-0.4, -0.2) is 52.3 Å². The molecule has 0 radical (unpaired) electrons. The number of carbonyl (C=O) groups excluding carboxylic acids is 3. The molecular weight excluding hydrogens is 454 g/mol. The highest BCUT2D eigenvalue weighted by Crippen LogP contribution is 2.64. The first kappa shape index (κ1) is 25.7. The van der Waals surface area contributed by atoms with Crippen molar-refractivity contribution in [1.29, 1.82) is 5.26 Å². The highest BCUT2D eigenvalue weighted by molar-refractivity contribution is 6.01. The maximum absolute atomic E-state index is 13.9. The third-order valence-electron chi connectivity index (χ3n) is 7.95. The van der Waals surface area contributed by atoms with E-state index in [2.05, 4.69) is 35.5 Å². The molecule has 2 heterocycles. The highest BCUT2D eigenvalue weighted by Gasteiger charge is 2.69. The van der Waals surface area contributed by atoms with Crippen molar-refractivity contribution in [1.82, 2.24) is 20.5 Å². The molecule has 4 rings (SSSR count). The van der Waals surface area contributed by atoms with Gasteiger partial charge in [0, 0.05) is 17.4 Å². The van der Waals surface area contributed by atoms with Gasteiger partial charge in [-0.05, 0) is 47.6 Å². The van der Waals surface area contributed by atoms with Gasteiger partial charge in [0.05, 0.1) is 6.07 Å². The maximum atomic E-state index is 13.9. The van der Waals surface area contributed by atoms with Crippen LogP contribution < -0.4 is 10.6 Å². The number of rotatable bonds is 8. The molecule has 1 aliphatic heterocycles. The van der Waals surface area contributed by atoms with Gasteiger partial charge in [-0.3, -0.25) is 14.4 Å². The summed E-state index contributed by atoms with van der Waals surface area (Å²) in [6.07, 6.45) is 0.460. The third kappa shape index (κ3) is 4.71. The van der Waals surface area contributed by atoms with Crippen LogP contribution in [0.3, 0.4) is 0 Å². The zero-order valence-electron chi connectivity index (χ0n) is 22.0. The second kappa shape index (κ2) is 9.61. The molecule has 1 aliphatic carbocycles. The molecule has 0 bridgehead atoms. The van der Waals surface area contributed by atoms with Gasteiger partial charge < -0.3 is 20.5 Å². The number of aromatic nitrogens is 1. The Morgan fingerprint density at radius 3 is 2.47 bits per heavy atom. The van der Waals surface area contributed by atoms with Crippen molar-refractivity contribution >= 4 is 28.6 Å². The number of nitriles is 1. The predicted octanol–water partition coefficient (Wildman–Crippen LogP) is 3.46. The predicted molar refractivity (Wildman–Crippen MR) is 138 cm³/mol. The number of hydrogen-bond acceptors (Lipinski definition) is 4. The van der Waals surface area contributed by atoms with Crippen LogP contribution in [0.1, 0.15) is 58.5 Å². The lowest BCUT2D eigenvalue weighted by Gasteiger charge is -2.34. The minimum absolute atomic E-state index is 0.0389. The Morgan fingerprint density at radius 1 is 1.17 bits per heavy atom. The van der Waals surface area contributed by atoms with Gasteiger partial charge in [-0.2, -0.15) is 5.26 Å². The topological polar surface area (TPSA) is 118 Å². The monoisotopic (exact) mass is 491 g/mol. The minimum Gasteiger partial charge on any atom is -0.351 e. The SMILES string of the molecule is CC(C)C[C@H](NC(=O)c1cc2ccccc2[nH]1)C(=O)N1C[C@H]2[C@@H]([C@H]1C(=O)N[C@H](C#N)C(C)C)C2(C)C. The Balaban J connectivity index is 1.56. The number of hydrogen-bond donors (Lipinski definition) is 3. The Hall–Kier alpha value is -3.34. The standard InChI is InChI=1S/C28H37N5O3/c1-15(2)11-21(31-25(34)20-12-17-9-7-8-10-19(17)30-20)27(36)33-14-18-23(28(18,5)6)24(33)26(35)32-22(13-29)16(3)4/h7-10,12,15-16,18,21-24,30H,11,14H2,1-6H3,(H,31,34)(H,32,35)/t18-,21-,22+,23-,24-/m0/s1. The van der Waals surface area contributed by atoms with E-state index >= 15 is 0 Å².